The summed E-state index contributed by atoms with van der Waals surface area (Å²) in [6.45, 7) is 2.92. The summed E-state index contributed by atoms with van der Waals surface area (Å²) in [6.07, 6.45) is 1.79. The van der Waals surface area contributed by atoms with Crippen molar-refractivity contribution in [2.75, 3.05) is 13.1 Å². The molecular formula is C15H19F2NO2. The van der Waals surface area contributed by atoms with Crippen LogP contribution in [0.5, 0.6) is 0 Å². The monoisotopic (exact) mass is 283 g/mol. The van der Waals surface area contributed by atoms with Crippen LogP contribution in [0, 0.1) is 17.6 Å². The maximum atomic E-state index is 13.6. The molecule has 1 aromatic rings. The molecule has 0 spiro atoms. The predicted octanol–water partition coefficient (Wildman–Crippen LogP) is 2.59. The van der Waals surface area contributed by atoms with Crippen molar-refractivity contribution < 1.29 is 18.7 Å². The molecule has 5 heteroatoms. The van der Waals surface area contributed by atoms with Crippen molar-refractivity contribution in [2.24, 2.45) is 5.92 Å². The van der Waals surface area contributed by atoms with Gasteiger partial charge in [-0.05, 0) is 37.3 Å². The van der Waals surface area contributed by atoms with Crippen LogP contribution in [0.3, 0.4) is 0 Å². The Hall–Kier alpha value is -1.49. The van der Waals surface area contributed by atoms with Gasteiger partial charge in [0.05, 0.1) is 11.7 Å². The molecule has 0 aromatic heterocycles. The highest BCUT2D eigenvalue weighted by atomic mass is 19.1. The van der Waals surface area contributed by atoms with Gasteiger partial charge in [-0.25, -0.2) is 8.78 Å². The van der Waals surface area contributed by atoms with E-state index in [2.05, 4.69) is 0 Å². The molecule has 1 unspecified atom stereocenters. The normalized spacial score (nSPS) is 18.1. The lowest BCUT2D eigenvalue weighted by Gasteiger charge is -2.34. The number of aliphatic hydroxyl groups excluding tert-OH is 1. The Balaban J connectivity index is 2.01. The summed E-state index contributed by atoms with van der Waals surface area (Å²) >= 11 is 0. The highest BCUT2D eigenvalue weighted by molar-refractivity contribution is 5.94. The number of amides is 1. The molecule has 1 saturated heterocycles. The van der Waals surface area contributed by atoms with Gasteiger partial charge in [0.1, 0.15) is 11.6 Å². The largest absolute Gasteiger partial charge is 0.393 e. The summed E-state index contributed by atoms with van der Waals surface area (Å²) in [5.74, 6) is -1.73. The second-order valence-electron chi connectivity index (χ2n) is 5.23. The molecule has 3 nitrogen and oxygen atoms in total. The first kappa shape index (κ1) is 14.9. The number of likely N-dealkylation sites (tertiary alicyclic amines) is 1. The second kappa shape index (κ2) is 6.31. The van der Waals surface area contributed by atoms with Gasteiger partial charge in [0.15, 0.2) is 0 Å². The van der Waals surface area contributed by atoms with Crippen molar-refractivity contribution in [3.63, 3.8) is 0 Å². The summed E-state index contributed by atoms with van der Waals surface area (Å²) < 4.78 is 26.4. The maximum Gasteiger partial charge on any atom is 0.256 e. The first-order valence-electron chi connectivity index (χ1n) is 6.95. The summed E-state index contributed by atoms with van der Waals surface area (Å²) in [7, 11) is 0. The van der Waals surface area contributed by atoms with Gasteiger partial charge in [0.2, 0.25) is 0 Å². The Bertz CT molecular complexity index is 485. The molecule has 1 aliphatic heterocycles. The summed E-state index contributed by atoms with van der Waals surface area (Å²) in [4.78, 5) is 13.7. The number of piperidine rings is 1. The number of hydrogen-bond acceptors (Lipinski definition) is 2. The van der Waals surface area contributed by atoms with E-state index in [9.17, 15) is 18.7 Å². The summed E-state index contributed by atoms with van der Waals surface area (Å²) in [5.41, 5.74) is -0.0964. The predicted molar refractivity (Wildman–Crippen MR) is 71.3 cm³/mol. The average molecular weight is 283 g/mol. The molecule has 1 N–H and O–H groups in total. The molecule has 0 saturated carbocycles. The zero-order chi connectivity index (χ0) is 14.7. The summed E-state index contributed by atoms with van der Waals surface area (Å²) in [5, 5.41) is 9.79. The van der Waals surface area contributed by atoms with Gasteiger partial charge in [-0.1, -0.05) is 6.92 Å². The standard InChI is InChI=1S/C15H19F2NO2/c1-2-14(19)10-5-7-18(8-6-10)15(20)12-4-3-11(16)9-13(12)17/h3-4,9-10,14,19H,2,5-8H2,1H3. The van der Waals surface area contributed by atoms with Gasteiger partial charge in [0.25, 0.3) is 5.91 Å². The van der Waals surface area contributed by atoms with E-state index in [1.807, 2.05) is 6.92 Å². The molecule has 2 rings (SSSR count). The van der Waals surface area contributed by atoms with Crippen LogP contribution in [0.15, 0.2) is 18.2 Å². The van der Waals surface area contributed by atoms with Gasteiger partial charge in [0, 0.05) is 19.2 Å². The van der Waals surface area contributed by atoms with E-state index in [0.717, 1.165) is 12.1 Å². The van der Waals surface area contributed by atoms with Crippen LogP contribution in [-0.4, -0.2) is 35.1 Å². The Morgan fingerprint density at radius 3 is 2.60 bits per heavy atom. The van der Waals surface area contributed by atoms with Crippen LogP contribution in [0.1, 0.15) is 36.5 Å². The van der Waals surface area contributed by atoms with Gasteiger partial charge in [-0.15, -0.1) is 0 Å². The highest BCUT2D eigenvalue weighted by Gasteiger charge is 2.28. The average Bonchev–Trinajstić information content (AvgIpc) is 2.46. The van der Waals surface area contributed by atoms with E-state index in [-0.39, 0.29) is 17.6 Å². The number of rotatable bonds is 3. The number of nitrogens with zero attached hydrogens (tertiary/aromatic N) is 1. The van der Waals surface area contributed by atoms with Crippen molar-refractivity contribution in [3.05, 3.63) is 35.4 Å². The molecule has 20 heavy (non-hydrogen) atoms. The van der Waals surface area contributed by atoms with Crippen LogP contribution in [-0.2, 0) is 0 Å². The van der Waals surface area contributed by atoms with E-state index in [4.69, 9.17) is 0 Å². The second-order valence-corrected chi connectivity index (χ2v) is 5.23. The van der Waals surface area contributed by atoms with E-state index in [1.165, 1.54) is 6.07 Å². The fourth-order valence-corrected chi connectivity index (χ4v) is 2.65. The third-order valence-electron chi connectivity index (χ3n) is 3.95. The van der Waals surface area contributed by atoms with E-state index < -0.39 is 17.5 Å². The lowest BCUT2D eigenvalue weighted by Crippen LogP contribution is -2.41. The minimum absolute atomic E-state index is 0.0964. The van der Waals surface area contributed by atoms with Gasteiger partial charge in [-0.2, -0.15) is 0 Å². The van der Waals surface area contributed by atoms with E-state index >= 15 is 0 Å². The van der Waals surface area contributed by atoms with Crippen LogP contribution in [0.2, 0.25) is 0 Å². The van der Waals surface area contributed by atoms with Crippen LogP contribution in [0.4, 0.5) is 8.78 Å². The summed E-state index contributed by atoms with van der Waals surface area (Å²) in [6, 6.07) is 2.99. The molecular weight excluding hydrogens is 264 g/mol. The smallest absolute Gasteiger partial charge is 0.256 e. The molecule has 0 aliphatic carbocycles. The Morgan fingerprint density at radius 2 is 2.05 bits per heavy atom. The van der Waals surface area contributed by atoms with Crippen LogP contribution < -0.4 is 0 Å². The number of halogens is 2. The van der Waals surface area contributed by atoms with Crippen molar-refractivity contribution in [1.29, 1.82) is 0 Å². The quantitative estimate of drug-likeness (QED) is 0.926. The van der Waals surface area contributed by atoms with Gasteiger partial charge < -0.3 is 10.0 Å². The Morgan fingerprint density at radius 1 is 1.40 bits per heavy atom. The van der Waals surface area contributed by atoms with E-state index in [0.29, 0.717) is 32.4 Å². The molecule has 0 radical (unpaired) electrons. The lowest BCUT2D eigenvalue weighted by atomic mass is 9.90. The fourth-order valence-electron chi connectivity index (χ4n) is 2.65. The van der Waals surface area contributed by atoms with Crippen molar-refractivity contribution >= 4 is 5.91 Å². The molecule has 1 aromatic carbocycles. The Kier molecular flexibility index (Phi) is 4.70. The van der Waals surface area contributed by atoms with Crippen molar-refractivity contribution in [1.82, 2.24) is 4.90 Å². The van der Waals surface area contributed by atoms with Gasteiger partial charge in [-0.3, -0.25) is 4.79 Å². The van der Waals surface area contributed by atoms with Gasteiger partial charge >= 0.3 is 0 Å². The van der Waals surface area contributed by atoms with Crippen molar-refractivity contribution in [2.45, 2.75) is 32.3 Å². The minimum Gasteiger partial charge on any atom is -0.393 e. The maximum absolute atomic E-state index is 13.6. The minimum atomic E-state index is -0.828. The SMILES string of the molecule is CCC(O)C1CCN(C(=O)c2ccc(F)cc2F)CC1. The number of benzene rings is 1. The zero-order valence-electron chi connectivity index (χ0n) is 11.5. The molecule has 1 atom stereocenters. The third kappa shape index (κ3) is 3.15. The number of aliphatic hydroxyl groups is 1. The molecule has 0 bridgehead atoms. The molecule has 110 valence electrons. The molecule has 1 fully saturated rings. The topological polar surface area (TPSA) is 40.5 Å². The number of carbonyl (C=O) groups excluding carboxylic acids is 1. The molecule has 1 heterocycles. The number of carbonyl (C=O) groups is 1. The lowest BCUT2D eigenvalue weighted by molar-refractivity contribution is 0.0451. The zero-order valence-corrected chi connectivity index (χ0v) is 11.5. The van der Waals surface area contributed by atoms with E-state index in [1.54, 1.807) is 4.90 Å². The highest BCUT2D eigenvalue weighted by Crippen LogP contribution is 2.24. The number of hydrogen-bond donors (Lipinski definition) is 1. The fraction of sp³-hybridized carbons (Fsp3) is 0.533. The van der Waals surface area contributed by atoms with Crippen molar-refractivity contribution in [3.8, 4) is 0 Å². The first-order valence-corrected chi connectivity index (χ1v) is 6.95. The first-order chi connectivity index (χ1) is 9.52. The van der Waals surface area contributed by atoms with Crippen LogP contribution >= 0.6 is 0 Å². The molecule has 1 amide bonds. The third-order valence-corrected chi connectivity index (χ3v) is 3.95. The molecule has 1 aliphatic rings. The Labute approximate surface area is 117 Å². The van der Waals surface area contributed by atoms with Crippen LogP contribution in [0.25, 0.3) is 0 Å².